The second kappa shape index (κ2) is 5.39. The van der Waals surface area contributed by atoms with Gasteiger partial charge in [-0.15, -0.1) is 0 Å². The molecule has 0 amide bonds. The Balaban J connectivity index is 2.05. The Morgan fingerprint density at radius 3 is 2.69 bits per heavy atom. The monoisotopic (exact) mass is 220 g/mol. The van der Waals surface area contributed by atoms with E-state index in [-0.39, 0.29) is 0 Å². The molecule has 88 valence electrons. The number of aromatic nitrogens is 1. The summed E-state index contributed by atoms with van der Waals surface area (Å²) in [6.07, 6.45) is 3.73. The molecule has 1 saturated heterocycles. The lowest BCUT2D eigenvalue weighted by Gasteiger charge is -2.37. The number of nitrogens with zero attached hydrogens (tertiary/aromatic N) is 3. The normalized spacial score (nSPS) is 20.9. The van der Waals surface area contributed by atoms with Gasteiger partial charge in [-0.25, -0.2) is 0 Å². The number of nitrogens with two attached hydrogens (primary N) is 1. The van der Waals surface area contributed by atoms with Crippen LogP contribution in [-0.4, -0.2) is 54.6 Å². The van der Waals surface area contributed by atoms with E-state index in [0.717, 1.165) is 26.2 Å². The van der Waals surface area contributed by atoms with Crippen LogP contribution < -0.4 is 5.73 Å². The topological polar surface area (TPSA) is 45.4 Å². The van der Waals surface area contributed by atoms with Crippen molar-refractivity contribution >= 4 is 0 Å². The fourth-order valence-electron chi connectivity index (χ4n) is 2.20. The van der Waals surface area contributed by atoms with Crippen molar-refractivity contribution in [1.29, 1.82) is 0 Å². The summed E-state index contributed by atoms with van der Waals surface area (Å²) in [5.41, 5.74) is 7.12. The van der Waals surface area contributed by atoms with Crippen LogP contribution in [0.2, 0.25) is 0 Å². The van der Waals surface area contributed by atoms with Crippen molar-refractivity contribution in [3.05, 3.63) is 30.1 Å². The minimum Gasteiger partial charge on any atom is -0.329 e. The Morgan fingerprint density at radius 1 is 1.38 bits per heavy atom. The Morgan fingerprint density at radius 2 is 2.12 bits per heavy atom. The molecule has 0 spiro atoms. The van der Waals surface area contributed by atoms with Crippen molar-refractivity contribution < 1.29 is 0 Å². The fraction of sp³-hybridized carbons (Fsp3) is 0.583. The molecule has 0 aromatic carbocycles. The summed E-state index contributed by atoms with van der Waals surface area (Å²) < 4.78 is 0. The third-order valence-corrected chi connectivity index (χ3v) is 3.27. The first-order chi connectivity index (χ1) is 7.81. The molecule has 1 unspecified atom stereocenters. The first-order valence-corrected chi connectivity index (χ1v) is 5.84. The van der Waals surface area contributed by atoms with E-state index < -0.39 is 0 Å². The molecular weight excluding hydrogens is 200 g/mol. The van der Waals surface area contributed by atoms with Crippen molar-refractivity contribution in [3.63, 3.8) is 0 Å². The lowest BCUT2D eigenvalue weighted by Crippen LogP contribution is -2.47. The van der Waals surface area contributed by atoms with Crippen LogP contribution in [0.4, 0.5) is 0 Å². The molecule has 4 heteroatoms. The maximum absolute atomic E-state index is 5.89. The van der Waals surface area contributed by atoms with Gasteiger partial charge >= 0.3 is 0 Å². The molecule has 16 heavy (non-hydrogen) atoms. The molecular formula is C12H20N4. The van der Waals surface area contributed by atoms with Crippen molar-refractivity contribution in [2.24, 2.45) is 5.73 Å². The quantitative estimate of drug-likeness (QED) is 0.797. The third-order valence-electron chi connectivity index (χ3n) is 3.27. The summed E-state index contributed by atoms with van der Waals surface area (Å²) in [6.45, 7) is 5.09. The van der Waals surface area contributed by atoms with Gasteiger partial charge in [-0.3, -0.25) is 9.88 Å². The minimum absolute atomic E-state index is 0.322. The molecule has 1 fully saturated rings. The Kier molecular flexibility index (Phi) is 3.88. The van der Waals surface area contributed by atoms with Crippen molar-refractivity contribution in [3.8, 4) is 0 Å². The summed E-state index contributed by atoms with van der Waals surface area (Å²) in [7, 11) is 2.17. The maximum atomic E-state index is 5.89. The first-order valence-electron chi connectivity index (χ1n) is 5.84. The highest BCUT2D eigenvalue weighted by molar-refractivity contribution is 5.14. The average molecular weight is 220 g/mol. The summed E-state index contributed by atoms with van der Waals surface area (Å²) in [6, 6.07) is 4.42. The van der Waals surface area contributed by atoms with Gasteiger partial charge in [0.05, 0.1) is 0 Å². The van der Waals surface area contributed by atoms with Crippen LogP contribution in [0.1, 0.15) is 11.6 Å². The summed E-state index contributed by atoms with van der Waals surface area (Å²) in [5, 5.41) is 0. The van der Waals surface area contributed by atoms with Gasteiger partial charge in [0.1, 0.15) is 0 Å². The highest BCUT2D eigenvalue weighted by Gasteiger charge is 2.22. The van der Waals surface area contributed by atoms with Gasteiger partial charge in [-0.2, -0.15) is 0 Å². The van der Waals surface area contributed by atoms with Crippen LogP contribution in [0.25, 0.3) is 0 Å². The van der Waals surface area contributed by atoms with Gasteiger partial charge in [0.2, 0.25) is 0 Å². The summed E-state index contributed by atoms with van der Waals surface area (Å²) in [4.78, 5) is 8.98. The summed E-state index contributed by atoms with van der Waals surface area (Å²) in [5.74, 6) is 0. The molecule has 1 aliphatic rings. The van der Waals surface area contributed by atoms with E-state index in [1.807, 2.05) is 12.3 Å². The Labute approximate surface area is 97.1 Å². The molecule has 1 atom stereocenters. The first kappa shape index (κ1) is 11.5. The smallest absolute Gasteiger partial charge is 0.0486 e. The van der Waals surface area contributed by atoms with Gasteiger partial charge in [-0.1, -0.05) is 6.07 Å². The lowest BCUT2D eigenvalue weighted by atomic mass is 10.1. The lowest BCUT2D eigenvalue weighted by molar-refractivity contribution is 0.114. The number of piperazine rings is 1. The molecule has 0 aliphatic carbocycles. The van der Waals surface area contributed by atoms with E-state index in [4.69, 9.17) is 5.73 Å². The Hall–Kier alpha value is -0.970. The fourth-order valence-corrected chi connectivity index (χ4v) is 2.20. The molecule has 1 aliphatic heterocycles. The SMILES string of the molecule is CN1CCN(C(CN)c2cccnc2)CC1. The zero-order chi connectivity index (χ0) is 11.4. The number of rotatable bonds is 3. The second-order valence-corrected chi connectivity index (χ2v) is 4.38. The van der Waals surface area contributed by atoms with Crippen molar-refractivity contribution in [1.82, 2.24) is 14.8 Å². The second-order valence-electron chi connectivity index (χ2n) is 4.38. The zero-order valence-corrected chi connectivity index (χ0v) is 9.84. The molecule has 1 aromatic heterocycles. The maximum Gasteiger partial charge on any atom is 0.0486 e. The summed E-state index contributed by atoms with van der Waals surface area (Å²) >= 11 is 0. The predicted octanol–water partition coefficient (Wildman–Crippen LogP) is 0.329. The molecule has 2 heterocycles. The van der Waals surface area contributed by atoms with Crippen LogP contribution >= 0.6 is 0 Å². The number of pyridine rings is 1. The van der Waals surface area contributed by atoms with E-state index in [1.54, 1.807) is 6.20 Å². The van der Waals surface area contributed by atoms with Crippen LogP contribution in [0, 0.1) is 0 Å². The van der Waals surface area contributed by atoms with Crippen molar-refractivity contribution in [2.75, 3.05) is 39.8 Å². The van der Waals surface area contributed by atoms with E-state index in [1.165, 1.54) is 5.56 Å². The number of likely N-dealkylation sites (N-methyl/N-ethyl adjacent to an activating group) is 1. The molecule has 0 saturated carbocycles. The number of hydrogen-bond donors (Lipinski definition) is 1. The third kappa shape index (κ3) is 2.58. The molecule has 0 bridgehead atoms. The van der Waals surface area contributed by atoms with Gasteiger partial charge in [0, 0.05) is 51.2 Å². The van der Waals surface area contributed by atoms with Gasteiger partial charge in [0.15, 0.2) is 0 Å². The standard InChI is InChI=1S/C12H20N4/c1-15-5-7-16(8-6-15)12(9-13)11-3-2-4-14-10-11/h2-4,10,12H,5-9,13H2,1H3. The predicted molar refractivity (Wildman–Crippen MR) is 65.1 cm³/mol. The largest absolute Gasteiger partial charge is 0.329 e. The Bertz CT molecular complexity index is 306. The molecule has 0 radical (unpaired) electrons. The van der Waals surface area contributed by atoms with Crippen LogP contribution in [0.5, 0.6) is 0 Å². The zero-order valence-electron chi connectivity index (χ0n) is 9.84. The highest BCUT2D eigenvalue weighted by Crippen LogP contribution is 2.19. The molecule has 2 rings (SSSR count). The molecule has 4 nitrogen and oxygen atoms in total. The number of hydrogen-bond acceptors (Lipinski definition) is 4. The van der Waals surface area contributed by atoms with Gasteiger partial charge in [-0.05, 0) is 18.7 Å². The van der Waals surface area contributed by atoms with E-state index in [2.05, 4.69) is 27.9 Å². The van der Waals surface area contributed by atoms with Gasteiger partial charge < -0.3 is 10.6 Å². The van der Waals surface area contributed by atoms with Crippen molar-refractivity contribution in [2.45, 2.75) is 6.04 Å². The van der Waals surface area contributed by atoms with Crippen LogP contribution in [-0.2, 0) is 0 Å². The molecule has 1 aromatic rings. The molecule has 2 N–H and O–H groups in total. The van der Waals surface area contributed by atoms with E-state index in [9.17, 15) is 0 Å². The average Bonchev–Trinajstić information content (AvgIpc) is 2.34. The van der Waals surface area contributed by atoms with E-state index >= 15 is 0 Å². The van der Waals surface area contributed by atoms with Gasteiger partial charge in [0.25, 0.3) is 0 Å². The van der Waals surface area contributed by atoms with Crippen LogP contribution in [0.3, 0.4) is 0 Å². The minimum atomic E-state index is 0.322. The van der Waals surface area contributed by atoms with E-state index in [0.29, 0.717) is 12.6 Å². The van der Waals surface area contributed by atoms with Crippen LogP contribution in [0.15, 0.2) is 24.5 Å². The highest BCUT2D eigenvalue weighted by atomic mass is 15.3.